The van der Waals surface area contributed by atoms with Crippen molar-refractivity contribution in [1.29, 1.82) is 0 Å². The molecular formula is C19H37N7. The molecule has 2 rings (SSSR count). The van der Waals surface area contributed by atoms with Crippen LogP contribution in [0.25, 0.3) is 0 Å². The molecule has 0 aromatic carbocycles. The van der Waals surface area contributed by atoms with Crippen molar-refractivity contribution in [2.24, 2.45) is 4.99 Å². The summed E-state index contributed by atoms with van der Waals surface area (Å²) in [5, 5.41) is 11.3. The van der Waals surface area contributed by atoms with Gasteiger partial charge in [-0.1, -0.05) is 0 Å². The third-order valence-corrected chi connectivity index (χ3v) is 4.78. The summed E-state index contributed by atoms with van der Waals surface area (Å²) in [5.74, 6) is 0.924. The number of aromatic nitrogens is 2. The standard InChI is InChI=1S/C19H37N7/c1-5-20-19(21-8-6-12-26-18(3)16-17(2)23-26)22-9-13-25-11-7-10-24(4)14-15-25/h16H,5-15H2,1-4H3,(H2,20,21,22). The van der Waals surface area contributed by atoms with E-state index in [-0.39, 0.29) is 0 Å². The van der Waals surface area contributed by atoms with Gasteiger partial charge in [-0.05, 0) is 59.8 Å². The molecular weight excluding hydrogens is 326 g/mol. The van der Waals surface area contributed by atoms with Gasteiger partial charge in [0, 0.05) is 51.5 Å². The number of aliphatic imine (C=N–C) groups is 1. The van der Waals surface area contributed by atoms with Crippen LogP contribution in [0.2, 0.25) is 0 Å². The zero-order valence-corrected chi connectivity index (χ0v) is 17.1. The van der Waals surface area contributed by atoms with E-state index in [0.29, 0.717) is 0 Å². The lowest BCUT2D eigenvalue weighted by Crippen LogP contribution is -2.42. The Labute approximate surface area is 158 Å². The summed E-state index contributed by atoms with van der Waals surface area (Å²) >= 11 is 0. The molecule has 0 bridgehead atoms. The van der Waals surface area contributed by atoms with Crippen LogP contribution in [0.4, 0.5) is 0 Å². The first-order valence-electron chi connectivity index (χ1n) is 10.0. The molecule has 0 saturated carbocycles. The zero-order valence-electron chi connectivity index (χ0n) is 17.1. The molecule has 1 aromatic rings. The molecule has 0 unspecified atom stereocenters. The molecule has 0 radical (unpaired) electrons. The Morgan fingerprint density at radius 1 is 1.15 bits per heavy atom. The molecule has 0 atom stereocenters. The fraction of sp³-hybridized carbons (Fsp3) is 0.789. The van der Waals surface area contributed by atoms with Crippen LogP contribution >= 0.6 is 0 Å². The van der Waals surface area contributed by atoms with Gasteiger partial charge < -0.3 is 20.4 Å². The summed E-state index contributed by atoms with van der Waals surface area (Å²) in [6.07, 6.45) is 2.26. The highest BCUT2D eigenvalue weighted by atomic mass is 15.3. The maximum atomic E-state index is 4.70. The molecule has 0 amide bonds. The Kier molecular flexibility index (Phi) is 8.91. The first-order valence-corrected chi connectivity index (χ1v) is 10.0. The largest absolute Gasteiger partial charge is 0.357 e. The molecule has 1 fully saturated rings. The van der Waals surface area contributed by atoms with E-state index in [2.05, 4.69) is 57.2 Å². The Hall–Kier alpha value is -1.60. The molecule has 7 nitrogen and oxygen atoms in total. The van der Waals surface area contributed by atoms with Crippen LogP contribution < -0.4 is 10.6 Å². The van der Waals surface area contributed by atoms with Crippen LogP contribution in [0, 0.1) is 13.8 Å². The Morgan fingerprint density at radius 3 is 2.73 bits per heavy atom. The molecule has 26 heavy (non-hydrogen) atoms. The van der Waals surface area contributed by atoms with Crippen molar-refractivity contribution >= 4 is 5.96 Å². The second-order valence-corrected chi connectivity index (χ2v) is 7.19. The quantitative estimate of drug-likeness (QED) is 0.411. The summed E-state index contributed by atoms with van der Waals surface area (Å²) in [6, 6.07) is 2.12. The van der Waals surface area contributed by atoms with Gasteiger partial charge >= 0.3 is 0 Å². The number of nitrogens with one attached hydrogen (secondary N) is 2. The smallest absolute Gasteiger partial charge is 0.191 e. The molecule has 0 spiro atoms. The zero-order chi connectivity index (χ0) is 18.8. The van der Waals surface area contributed by atoms with Gasteiger partial charge in [0.15, 0.2) is 5.96 Å². The van der Waals surface area contributed by atoms with Crippen molar-refractivity contribution < 1.29 is 0 Å². The fourth-order valence-corrected chi connectivity index (χ4v) is 3.31. The van der Waals surface area contributed by atoms with Crippen molar-refractivity contribution in [1.82, 2.24) is 30.2 Å². The Balaban J connectivity index is 1.69. The fourth-order valence-electron chi connectivity index (χ4n) is 3.31. The summed E-state index contributed by atoms with van der Waals surface area (Å²) in [5.41, 5.74) is 2.31. The Bertz CT molecular complexity index is 552. The number of rotatable bonds is 8. The van der Waals surface area contributed by atoms with Crippen LogP contribution in [0.3, 0.4) is 0 Å². The highest BCUT2D eigenvalue weighted by Crippen LogP contribution is 2.03. The van der Waals surface area contributed by atoms with Crippen molar-refractivity contribution in [3.05, 3.63) is 17.5 Å². The van der Waals surface area contributed by atoms with E-state index in [4.69, 9.17) is 4.99 Å². The SMILES string of the molecule is CCNC(=NCCCn1nc(C)cc1C)NCCN1CCCN(C)CC1. The third kappa shape index (κ3) is 7.33. The average Bonchev–Trinajstić information content (AvgIpc) is 2.79. The second-order valence-electron chi connectivity index (χ2n) is 7.19. The molecule has 2 heterocycles. The number of hydrogen-bond acceptors (Lipinski definition) is 4. The first-order chi connectivity index (χ1) is 12.6. The molecule has 1 aliphatic heterocycles. The predicted molar refractivity (Wildman–Crippen MR) is 109 cm³/mol. The average molecular weight is 364 g/mol. The van der Waals surface area contributed by atoms with E-state index in [1.165, 1.54) is 31.7 Å². The van der Waals surface area contributed by atoms with Crippen LogP contribution in [-0.4, -0.2) is 84.9 Å². The van der Waals surface area contributed by atoms with Crippen molar-refractivity contribution in [3.63, 3.8) is 0 Å². The molecule has 1 saturated heterocycles. The molecule has 2 N–H and O–H groups in total. The number of nitrogens with zero attached hydrogens (tertiary/aromatic N) is 5. The van der Waals surface area contributed by atoms with Gasteiger partial charge in [0.1, 0.15) is 0 Å². The normalized spacial score (nSPS) is 17.3. The number of aryl methyl sites for hydroxylation is 3. The summed E-state index contributed by atoms with van der Waals surface area (Å²) < 4.78 is 2.07. The predicted octanol–water partition coefficient (Wildman–Crippen LogP) is 1.08. The first kappa shape index (κ1) is 20.7. The number of guanidine groups is 1. The van der Waals surface area contributed by atoms with Crippen LogP contribution in [0.15, 0.2) is 11.1 Å². The lowest BCUT2D eigenvalue weighted by molar-refractivity contribution is 0.280. The molecule has 7 heteroatoms. The van der Waals surface area contributed by atoms with E-state index >= 15 is 0 Å². The van der Waals surface area contributed by atoms with Crippen molar-refractivity contribution in [2.75, 3.05) is 59.4 Å². The molecule has 148 valence electrons. The van der Waals surface area contributed by atoms with Crippen molar-refractivity contribution in [2.45, 2.75) is 40.2 Å². The van der Waals surface area contributed by atoms with Gasteiger partial charge in [0.2, 0.25) is 0 Å². The topological polar surface area (TPSA) is 60.7 Å². The minimum atomic E-state index is 0.808. The summed E-state index contributed by atoms with van der Waals surface area (Å²) in [4.78, 5) is 9.67. The Morgan fingerprint density at radius 2 is 2.00 bits per heavy atom. The maximum Gasteiger partial charge on any atom is 0.191 e. The van der Waals surface area contributed by atoms with Crippen LogP contribution in [-0.2, 0) is 6.54 Å². The molecule has 0 aliphatic carbocycles. The molecule has 1 aliphatic rings. The van der Waals surface area contributed by atoms with Gasteiger partial charge in [-0.3, -0.25) is 9.67 Å². The van der Waals surface area contributed by atoms with E-state index in [0.717, 1.165) is 57.3 Å². The minimum Gasteiger partial charge on any atom is -0.357 e. The van der Waals surface area contributed by atoms with Gasteiger partial charge in [0.25, 0.3) is 0 Å². The third-order valence-electron chi connectivity index (χ3n) is 4.78. The monoisotopic (exact) mass is 363 g/mol. The van der Waals surface area contributed by atoms with Gasteiger partial charge in [-0.2, -0.15) is 5.10 Å². The van der Waals surface area contributed by atoms with Gasteiger partial charge in [0.05, 0.1) is 5.69 Å². The lowest BCUT2D eigenvalue weighted by Gasteiger charge is -2.21. The summed E-state index contributed by atoms with van der Waals surface area (Å²) in [7, 11) is 2.21. The van der Waals surface area contributed by atoms with Gasteiger partial charge in [-0.25, -0.2) is 0 Å². The highest BCUT2D eigenvalue weighted by molar-refractivity contribution is 5.79. The number of likely N-dealkylation sites (N-methyl/N-ethyl adjacent to an activating group) is 1. The second kappa shape index (κ2) is 11.2. The van der Waals surface area contributed by atoms with E-state index in [9.17, 15) is 0 Å². The minimum absolute atomic E-state index is 0.808. The highest BCUT2D eigenvalue weighted by Gasteiger charge is 2.11. The van der Waals surface area contributed by atoms with E-state index in [1.54, 1.807) is 0 Å². The van der Waals surface area contributed by atoms with Crippen LogP contribution in [0.5, 0.6) is 0 Å². The lowest BCUT2D eigenvalue weighted by atomic mass is 10.4. The maximum absolute atomic E-state index is 4.70. The van der Waals surface area contributed by atoms with E-state index < -0.39 is 0 Å². The van der Waals surface area contributed by atoms with Gasteiger partial charge in [-0.15, -0.1) is 0 Å². The van der Waals surface area contributed by atoms with E-state index in [1.807, 2.05) is 6.92 Å². The number of hydrogen-bond donors (Lipinski definition) is 2. The molecule has 1 aromatic heterocycles. The summed E-state index contributed by atoms with van der Waals surface area (Å²) in [6.45, 7) is 15.6. The van der Waals surface area contributed by atoms with Crippen molar-refractivity contribution in [3.8, 4) is 0 Å². The van der Waals surface area contributed by atoms with Crippen LogP contribution in [0.1, 0.15) is 31.2 Å².